The van der Waals surface area contributed by atoms with Crippen molar-refractivity contribution in [3.8, 4) is 5.69 Å². The summed E-state index contributed by atoms with van der Waals surface area (Å²) in [6.07, 6.45) is 1.93. The molecule has 1 saturated heterocycles. The first-order valence-electron chi connectivity index (χ1n) is 6.64. The van der Waals surface area contributed by atoms with Gasteiger partial charge in [0.1, 0.15) is 0 Å². The number of hydrogen-bond acceptors (Lipinski definition) is 5. The van der Waals surface area contributed by atoms with Gasteiger partial charge in [-0.05, 0) is 54.9 Å². The summed E-state index contributed by atoms with van der Waals surface area (Å²) in [7, 11) is 0. The quantitative estimate of drug-likeness (QED) is 0.886. The molecule has 2 aromatic rings. The van der Waals surface area contributed by atoms with Gasteiger partial charge in [-0.3, -0.25) is 4.79 Å². The summed E-state index contributed by atoms with van der Waals surface area (Å²) in [6.45, 7) is 2.73. The summed E-state index contributed by atoms with van der Waals surface area (Å²) in [6, 6.07) is 7.39. The third-order valence-electron chi connectivity index (χ3n) is 3.36. The fourth-order valence-corrected chi connectivity index (χ4v) is 2.32. The van der Waals surface area contributed by atoms with Gasteiger partial charge in [-0.1, -0.05) is 6.07 Å². The first kappa shape index (κ1) is 15.4. The van der Waals surface area contributed by atoms with Gasteiger partial charge in [0.05, 0.1) is 11.7 Å². The highest BCUT2D eigenvalue weighted by molar-refractivity contribution is 5.95. The second-order valence-electron chi connectivity index (χ2n) is 4.83. The van der Waals surface area contributed by atoms with Gasteiger partial charge >= 0.3 is 0 Å². The maximum absolute atomic E-state index is 12.1. The molecule has 8 heteroatoms. The number of anilines is 1. The predicted octanol–water partition coefficient (Wildman–Crippen LogP) is 1.08. The second kappa shape index (κ2) is 6.64. The van der Waals surface area contributed by atoms with Crippen LogP contribution in [0.5, 0.6) is 0 Å². The number of tetrazole rings is 1. The van der Waals surface area contributed by atoms with Crippen LogP contribution in [0, 0.1) is 6.92 Å². The highest BCUT2D eigenvalue weighted by atomic mass is 35.5. The molecule has 7 nitrogen and oxygen atoms in total. The number of carbonyl (C=O) groups excluding carboxylic acids is 1. The van der Waals surface area contributed by atoms with Crippen LogP contribution >= 0.6 is 12.4 Å². The smallest absolute Gasteiger partial charge is 0.241 e. The molecule has 1 atom stereocenters. The Labute approximate surface area is 128 Å². The number of hydrogen-bond donors (Lipinski definition) is 2. The van der Waals surface area contributed by atoms with Crippen LogP contribution in [0.15, 0.2) is 24.3 Å². The molecule has 1 aromatic heterocycles. The average molecular weight is 309 g/mol. The van der Waals surface area contributed by atoms with Crippen LogP contribution in [-0.4, -0.2) is 38.7 Å². The molecule has 2 heterocycles. The molecule has 0 radical (unpaired) electrons. The molecule has 1 fully saturated rings. The summed E-state index contributed by atoms with van der Waals surface area (Å²) < 4.78 is 1.63. The molecule has 0 spiro atoms. The fourth-order valence-electron chi connectivity index (χ4n) is 2.32. The third-order valence-corrected chi connectivity index (χ3v) is 3.36. The number of benzene rings is 1. The molecule has 2 N–H and O–H groups in total. The van der Waals surface area contributed by atoms with E-state index in [1.807, 2.05) is 31.2 Å². The topological polar surface area (TPSA) is 84.7 Å². The minimum Gasteiger partial charge on any atom is -0.325 e. The molecular formula is C13H17ClN6O. The Hall–Kier alpha value is -1.99. The maximum atomic E-state index is 12.1. The molecular weight excluding hydrogens is 292 g/mol. The lowest BCUT2D eigenvalue weighted by Gasteiger charge is -2.12. The number of halogens is 1. The monoisotopic (exact) mass is 308 g/mol. The van der Waals surface area contributed by atoms with Crippen LogP contribution in [0.1, 0.15) is 18.7 Å². The summed E-state index contributed by atoms with van der Waals surface area (Å²) >= 11 is 0. The molecule has 0 aliphatic carbocycles. The van der Waals surface area contributed by atoms with E-state index in [1.54, 1.807) is 4.68 Å². The second-order valence-corrected chi connectivity index (χ2v) is 4.83. The molecule has 1 unspecified atom stereocenters. The molecule has 0 saturated carbocycles. The zero-order valence-corrected chi connectivity index (χ0v) is 12.4. The predicted molar refractivity (Wildman–Crippen MR) is 80.8 cm³/mol. The van der Waals surface area contributed by atoms with Crippen molar-refractivity contribution < 1.29 is 4.79 Å². The number of rotatable bonds is 3. The highest BCUT2D eigenvalue weighted by Crippen LogP contribution is 2.16. The van der Waals surface area contributed by atoms with Crippen LogP contribution in [-0.2, 0) is 4.79 Å². The average Bonchev–Trinajstić information content (AvgIpc) is 3.10. The number of amides is 1. The van der Waals surface area contributed by atoms with Gasteiger partial charge in [-0.25, -0.2) is 0 Å². The molecule has 1 amide bonds. The lowest BCUT2D eigenvalue weighted by molar-refractivity contribution is -0.117. The first-order valence-corrected chi connectivity index (χ1v) is 6.64. The normalized spacial score (nSPS) is 17.3. The van der Waals surface area contributed by atoms with Gasteiger partial charge in [-0.15, -0.1) is 17.5 Å². The van der Waals surface area contributed by atoms with E-state index in [0.29, 0.717) is 5.82 Å². The lowest BCUT2D eigenvalue weighted by Crippen LogP contribution is -2.35. The van der Waals surface area contributed by atoms with E-state index in [9.17, 15) is 4.79 Å². The van der Waals surface area contributed by atoms with Crippen molar-refractivity contribution in [1.29, 1.82) is 0 Å². The molecule has 1 aliphatic rings. The Kier molecular flexibility index (Phi) is 4.87. The summed E-state index contributed by atoms with van der Waals surface area (Å²) in [4.78, 5) is 12.1. The Morgan fingerprint density at radius 1 is 1.48 bits per heavy atom. The summed E-state index contributed by atoms with van der Waals surface area (Å²) in [5, 5.41) is 17.5. The van der Waals surface area contributed by atoms with E-state index in [2.05, 4.69) is 26.2 Å². The van der Waals surface area contributed by atoms with Gasteiger partial charge < -0.3 is 10.6 Å². The fraction of sp³-hybridized carbons (Fsp3) is 0.385. The van der Waals surface area contributed by atoms with Crippen LogP contribution in [0.25, 0.3) is 5.69 Å². The Morgan fingerprint density at radius 3 is 3.00 bits per heavy atom. The van der Waals surface area contributed by atoms with Crippen molar-refractivity contribution in [2.45, 2.75) is 25.8 Å². The largest absolute Gasteiger partial charge is 0.325 e. The van der Waals surface area contributed by atoms with Gasteiger partial charge in [0.15, 0.2) is 5.82 Å². The Bertz CT molecular complexity index is 623. The van der Waals surface area contributed by atoms with E-state index < -0.39 is 0 Å². The van der Waals surface area contributed by atoms with Crippen molar-refractivity contribution in [1.82, 2.24) is 25.5 Å². The number of carbonyl (C=O) groups is 1. The minimum atomic E-state index is -0.0894. The van der Waals surface area contributed by atoms with E-state index in [4.69, 9.17) is 0 Å². The van der Waals surface area contributed by atoms with E-state index in [1.165, 1.54) is 0 Å². The standard InChI is InChI=1S/C13H16N6O.ClH/c1-9-16-17-18-19(9)11-5-2-4-10(8-11)15-13(20)12-6-3-7-14-12;/h2,4-5,8,12,14H,3,6-7H2,1H3,(H,15,20);1H. The van der Waals surface area contributed by atoms with E-state index in [0.717, 1.165) is 30.8 Å². The molecule has 1 aliphatic heterocycles. The van der Waals surface area contributed by atoms with Gasteiger partial charge in [-0.2, -0.15) is 4.68 Å². The van der Waals surface area contributed by atoms with Gasteiger partial charge in [0.25, 0.3) is 0 Å². The molecule has 112 valence electrons. The van der Waals surface area contributed by atoms with E-state index in [-0.39, 0.29) is 24.4 Å². The Balaban J connectivity index is 0.00000161. The number of nitrogens with zero attached hydrogens (tertiary/aromatic N) is 4. The van der Waals surface area contributed by atoms with Crippen LogP contribution in [0.4, 0.5) is 5.69 Å². The Morgan fingerprint density at radius 2 is 2.33 bits per heavy atom. The van der Waals surface area contributed by atoms with Crippen molar-refractivity contribution >= 4 is 24.0 Å². The van der Waals surface area contributed by atoms with Gasteiger partial charge in [0, 0.05) is 5.69 Å². The minimum absolute atomic E-state index is 0. The zero-order chi connectivity index (χ0) is 13.9. The SMILES string of the molecule is Cc1nnnn1-c1cccc(NC(=O)C2CCCN2)c1.Cl. The van der Waals surface area contributed by atoms with Crippen molar-refractivity contribution in [2.24, 2.45) is 0 Å². The van der Waals surface area contributed by atoms with Crippen molar-refractivity contribution in [2.75, 3.05) is 11.9 Å². The summed E-state index contributed by atoms with van der Waals surface area (Å²) in [5.41, 5.74) is 1.57. The van der Waals surface area contributed by atoms with Crippen LogP contribution in [0.3, 0.4) is 0 Å². The van der Waals surface area contributed by atoms with E-state index >= 15 is 0 Å². The molecule has 1 aromatic carbocycles. The van der Waals surface area contributed by atoms with Crippen LogP contribution in [0.2, 0.25) is 0 Å². The third kappa shape index (κ3) is 3.37. The van der Waals surface area contributed by atoms with Gasteiger partial charge in [0.2, 0.25) is 5.91 Å². The number of aromatic nitrogens is 4. The maximum Gasteiger partial charge on any atom is 0.241 e. The number of nitrogens with one attached hydrogen (secondary N) is 2. The van der Waals surface area contributed by atoms with Crippen LogP contribution < -0.4 is 10.6 Å². The first-order chi connectivity index (χ1) is 9.74. The zero-order valence-electron chi connectivity index (χ0n) is 11.6. The molecule has 0 bridgehead atoms. The summed E-state index contributed by atoms with van der Waals surface area (Å²) in [5.74, 6) is 0.707. The lowest BCUT2D eigenvalue weighted by atomic mass is 10.2. The highest BCUT2D eigenvalue weighted by Gasteiger charge is 2.21. The molecule has 21 heavy (non-hydrogen) atoms. The molecule has 3 rings (SSSR count). The van der Waals surface area contributed by atoms with Crippen molar-refractivity contribution in [3.05, 3.63) is 30.1 Å². The number of aryl methyl sites for hydroxylation is 1. The van der Waals surface area contributed by atoms with Crippen molar-refractivity contribution in [3.63, 3.8) is 0 Å².